The van der Waals surface area contributed by atoms with Crippen molar-refractivity contribution in [3.05, 3.63) is 34.2 Å². The van der Waals surface area contributed by atoms with Crippen molar-refractivity contribution < 1.29 is 23.5 Å². The molecule has 4 atom stereocenters. The number of amides is 3. The minimum Gasteiger partial charge on any atom is -0.508 e. The topological polar surface area (TPSA) is 111 Å². The molecule has 2 aliphatic carbocycles. The number of phenols is 1. The molecule has 0 radical (unpaired) electrons. The highest BCUT2D eigenvalue weighted by Gasteiger charge is 2.71. The van der Waals surface area contributed by atoms with Crippen LogP contribution in [0.3, 0.4) is 0 Å². The second kappa shape index (κ2) is 6.19. The molecule has 3 amide bonds. The van der Waals surface area contributed by atoms with Gasteiger partial charge in [-0.05, 0) is 61.9 Å². The maximum absolute atomic E-state index is 13.3. The molecule has 4 aliphatic rings. The monoisotopic (exact) mass is 420 g/mol. The zero-order valence-electron chi connectivity index (χ0n) is 16.2. The SMILES string of the molecule is O=N[C@@]12CC[C@@]3(C[C@@]14CCN(CC(F)F)[C@@H]2Cc1ccc(O)cc14)NC(=O)NC3=O. The number of halogens is 2. The van der Waals surface area contributed by atoms with Gasteiger partial charge in [0.25, 0.3) is 12.3 Å². The van der Waals surface area contributed by atoms with Crippen LogP contribution in [0.4, 0.5) is 13.6 Å². The van der Waals surface area contributed by atoms with Gasteiger partial charge in [-0.3, -0.25) is 15.0 Å². The van der Waals surface area contributed by atoms with E-state index in [0.29, 0.717) is 19.4 Å². The molecule has 0 unspecified atom stereocenters. The lowest BCUT2D eigenvalue weighted by molar-refractivity contribution is -0.130. The molecule has 1 saturated carbocycles. The van der Waals surface area contributed by atoms with Crippen LogP contribution >= 0.6 is 0 Å². The first-order chi connectivity index (χ1) is 14.3. The summed E-state index contributed by atoms with van der Waals surface area (Å²) in [6, 6.07) is 3.76. The van der Waals surface area contributed by atoms with Crippen LogP contribution in [-0.4, -0.2) is 58.6 Å². The number of nitrogens with one attached hydrogen (secondary N) is 2. The van der Waals surface area contributed by atoms with E-state index in [1.54, 1.807) is 17.0 Å². The van der Waals surface area contributed by atoms with E-state index in [4.69, 9.17) is 0 Å². The molecule has 8 nitrogen and oxygen atoms in total. The van der Waals surface area contributed by atoms with E-state index in [2.05, 4.69) is 15.8 Å². The Hall–Kier alpha value is -2.62. The van der Waals surface area contributed by atoms with Crippen LogP contribution in [0.2, 0.25) is 0 Å². The molecule has 160 valence electrons. The van der Waals surface area contributed by atoms with Gasteiger partial charge in [-0.15, -0.1) is 0 Å². The Balaban J connectivity index is 1.70. The van der Waals surface area contributed by atoms with Crippen LogP contribution in [-0.2, 0) is 16.6 Å². The molecule has 2 bridgehead atoms. The molecule has 2 heterocycles. The number of piperidine rings is 1. The predicted octanol–water partition coefficient (Wildman–Crippen LogP) is 1.79. The van der Waals surface area contributed by atoms with Gasteiger partial charge in [0.05, 0.1) is 6.54 Å². The van der Waals surface area contributed by atoms with Crippen LogP contribution < -0.4 is 10.6 Å². The number of likely N-dealkylation sites (tertiary alicyclic amines) is 1. The van der Waals surface area contributed by atoms with Gasteiger partial charge in [-0.25, -0.2) is 13.6 Å². The van der Waals surface area contributed by atoms with Crippen molar-refractivity contribution in [2.75, 3.05) is 13.1 Å². The highest BCUT2D eigenvalue weighted by molar-refractivity contribution is 6.07. The van der Waals surface area contributed by atoms with Crippen LogP contribution in [0.1, 0.15) is 36.8 Å². The van der Waals surface area contributed by atoms with Gasteiger partial charge < -0.3 is 10.4 Å². The molecule has 5 rings (SSSR count). The summed E-state index contributed by atoms with van der Waals surface area (Å²) in [5.74, 6) is -0.420. The number of hydrogen-bond acceptors (Lipinski definition) is 6. The summed E-state index contributed by atoms with van der Waals surface area (Å²) in [6.45, 7) is -0.138. The van der Waals surface area contributed by atoms with Crippen LogP contribution in [0.25, 0.3) is 0 Å². The Kier molecular flexibility index (Phi) is 3.99. The predicted molar refractivity (Wildman–Crippen MR) is 101 cm³/mol. The highest BCUT2D eigenvalue weighted by Crippen LogP contribution is 2.62. The normalized spacial score (nSPS) is 37.5. The number of aromatic hydroxyl groups is 1. The Morgan fingerprint density at radius 2 is 2.07 bits per heavy atom. The highest BCUT2D eigenvalue weighted by atomic mass is 19.3. The van der Waals surface area contributed by atoms with Gasteiger partial charge in [-0.1, -0.05) is 11.2 Å². The lowest BCUT2D eigenvalue weighted by Crippen LogP contribution is -2.75. The fourth-order valence-corrected chi connectivity index (χ4v) is 6.56. The number of hydrogen-bond donors (Lipinski definition) is 3. The first kappa shape index (κ1) is 19.3. The molecule has 0 aromatic heterocycles. The molecule has 2 aliphatic heterocycles. The van der Waals surface area contributed by atoms with E-state index in [-0.39, 0.29) is 25.0 Å². The average molecular weight is 420 g/mol. The largest absolute Gasteiger partial charge is 0.508 e. The van der Waals surface area contributed by atoms with Crippen molar-refractivity contribution in [2.45, 2.75) is 61.1 Å². The molecule has 30 heavy (non-hydrogen) atoms. The summed E-state index contributed by atoms with van der Waals surface area (Å²) in [4.78, 5) is 38.8. The fraction of sp³-hybridized carbons (Fsp3) is 0.600. The second-order valence-corrected chi connectivity index (χ2v) is 8.96. The lowest BCUT2D eigenvalue weighted by atomic mass is 9.45. The number of nitrogens with zero attached hydrogens (tertiary/aromatic N) is 2. The van der Waals surface area contributed by atoms with Gasteiger partial charge in [0, 0.05) is 11.5 Å². The van der Waals surface area contributed by atoms with Crippen LogP contribution in [0.15, 0.2) is 23.4 Å². The summed E-state index contributed by atoms with van der Waals surface area (Å²) < 4.78 is 26.6. The Labute approximate surface area is 171 Å². The third-order valence-electron chi connectivity index (χ3n) is 7.76. The molecule has 1 aromatic rings. The molecule has 3 fully saturated rings. The second-order valence-electron chi connectivity index (χ2n) is 8.96. The molecule has 2 saturated heterocycles. The zero-order chi connectivity index (χ0) is 21.3. The summed E-state index contributed by atoms with van der Waals surface area (Å²) in [6.07, 6.45) is -1.34. The lowest BCUT2D eigenvalue weighted by Gasteiger charge is -2.64. The number of benzene rings is 1. The third-order valence-corrected chi connectivity index (χ3v) is 7.76. The maximum Gasteiger partial charge on any atom is 0.322 e. The van der Waals surface area contributed by atoms with Gasteiger partial charge in [-0.2, -0.15) is 4.91 Å². The third kappa shape index (κ3) is 2.33. The number of alkyl halides is 2. The molecule has 1 spiro atoms. The number of nitroso groups, excluding NO2 is 1. The molecule has 3 N–H and O–H groups in total. The smallest absolute Gasteiger partial charge is 0.322 e. The minimum absolute atomic E-state index is 0.0240. The Morgan fingerprint density at radius 1 is 1.27 bits per heavy atom. The first-order valence-electron chi connectivity index (χ1n) is 10.1. The Bertz CT molecular complexity index is 959. The summed E-state index contributed by atoms with van der Waals surface area (Å²) in [5, 5.41) is 18.8. The average Bonchev–Trinajstić information content (AvgIpc) is 2.96. The molecular formula is C20H22F2N4O4. The number of rotatable bonds is 3. The standard InChI is InChI=1S/C20H22F2N4O4/c21-15(22)9-26-6-5-18-10-19(16(28)23-17(29)24-19)3-4-20(18,25-30)14(26)7-11-1-2-12(27)8-13(11)18/h1-2,8,14-15,27H,3-7,9-10H2,(H2,23,24,28,29)/t14-,18-,19+,20-/m1/s1. The molecular weight excluding hydrogens is 398 g/mol. The number of imide groups is 1. The van der Waals surface area contributed by atoms with E-state index in [1.807, 2.05) is 0 Å². The van der Waals surface area contributed by atoms with Crippen molar-refractivity contribution in [3.63, 3.8) is 0 Å². The van der Waals surface area contributed by atoms with Crippen LogP contribution in [0, 0.1) is 4.91 Å². The number of phenolic OH excluding ortho intramolecular Hbond substituents is 1. The molecule has 10 heteroatoms. The quantitative estimate of drug-likeness (QED) is 0.510. The van der Waals surface area contributed by atoms with Gasteiger partial charge >= 0.3 is 6.03 Å². The van der Waals surface area contributed by atoms with E-state index >= 15 is 0 Å². The van der Waals surface area contributed by atoms with Crippen molar-refractivity contribution in [1.29, 1.82) is 0 Å². The first-order valence-corrected chi connectivity index (χ1v) is 10.1. The summed E-state index contributed by atoms with van der Waals surface area (Å²) >= 11 is 0. The van der Waals surface area contributed by atoms with Crippen molar-refractivity contribution >= 4 is 11.9 Å². The summed E-state index contributed by atoms with van der Waals surface area (Å²) in [7, 11) is 0. The maximum atomic E-state index is 13.3. The number of carbonyl (C=O) groups excluding carboxylic acids is 2. The van der Waals surface area contributed by atoms with E-state index in [9.17, 15) is 28.4 Å². The van der Waals surface area contributed by atoms with Gasteiger partial charge in [0.2, 0.25) is 0 Å². The van der Waals surface area contributed by atoms with E-state index in [0.717, 1.165) is 11.1 Å². The van der Waals surface area contributed by atoms with Crippen molar-refractivity contribution in [2.24, 2.45) is 5.18 Å². The molecule has 1 aromatic carbocycles. The van der Waals surface area contributed by atoms with Gasteiger partial charge in [0.15, 0.2) is 0 Å². The van der Waals surface area contributed by atoms with E-state index in [1.165, 1.54) is 6.07 Å². The number of urea groups is 1. The minimum atomic E-state index is -2.54. The van der Waals surface area contributed by atoms with Crippen molar-refractivity contribution in [1.82, 2.24) is 15.5 Å². The number of fused-ring (bicyclic) bond motifs is 1. The number of carbonyl (C=O) groups is 2. The Morgan fingerprint density at radius 3 is 2.73 bits per heavy atom. The zero-order valence-corrected chi connectivity index (χ0v) is 16.2. The van der Waals surface area contributed by atoms with Crippen LogP contribution in [0.5, 0.6) is 5.75 Å². The fourth-order valence-electron chi connectivity index (χ4n) is 6.56. The summed E-state index contributed by atoms with van der Waals surface area (Å²) in [5.41, 5.74) is -1.78. The van der Waals surface area contributed by atoms with Crippen molar-refractivity contribution in [3.8, 4) is 5.75 Å². The van der Waals surface area contributed by atoms with E-state index < -0.39 is 47.4 Å². The van der Waals surface area contributed by atoms with Gasteiger partial charge in [0.1, 0.15) is 16.8 Å².